The van der Waals surface area contributed by atoms with Gasteiger partial charge in [0.2, 0.25) is 0 Å². The summed E-state index contributed by atoms with van der Waals surface area (Å²) in [5, 5.41) is 0. The standard InChI is InChI=1S/C12H18O3/c1-3-5-6-7-8-9-11(13)10-12(14)15-4-2/h3,5-7H,4,8-10H2,1-2H3/b5-3+,7-6+. The predicted molar refractivity (Wildman–Crippen MR) is 59.4 cm³/mol. The van der Waals surface area contributed by atoms with E-state index in [1.165, 1.54) is 0 Å². The van der Waals surface area contributed by atoms with E-state index >= 15 is 0 Å². The van der Waals surface area contributed by atoms with E-state index in [1.807, 2.05) is 31.2 Å². The fourth-order valence-electron chi connectivity index (χ4n) is 0.992. The molecule has 0 unspecified atom stereocenters. The van der Waals surface area contributed by atoms with Crippen LogP contribution in [0.3, 0.4) is 0 Å². The van der Waals surface area contributed by atoms with Crippen molar-refractivity contribution in [1.82, 2.24) is 0 Å². The van der Waals surface area contributed by atoms with E-state index in [4.69, 9.17) is 0 Å². The average Bonchev–Trinajstić information content (AvgIpc) is 2.17. The average molecular weight is 210 g/mol. The summed E-state index contributed by atoms with van der Waals surface area (Å²) in [6.45, 7) is 3.98. The molecule has 0 rings (SSSR count). The zero-order valence-corrected chi connectivity index (χ0v) is 9.36. The first kappa shape index (κ1) is 13.6. The number of rotatable bonds is 7. The van der Waals surface area contributed by atoms with Gasteiger partial charge in [-0.05, 0) is 20.3 Å². The van der Waals surface area contributed by atoms with Crippen LogP contribution in [-0.4, -0.2) is 18.4 Å². The molecule has 15 heavy (non-hydrogen) atoms. The highest BCUT2D eigenvalue weighted by Crippen LogP contribution is 1.98. The highest BCUT2D eigenvalue weighted by molar-refractivity contribution is 5.95. The lowest BCUT2D eigenvalue weighted by Gasteiger charge is -1.99. The zero-order chi connectivity index (χ0) is 11.5. The van der Waals surface area contributed by atoms with Gasteiger partial charge in [-0.3, -0.25) is 9.59 Å². The van der Waals surface area contributed by atoms with Gasteiger partial charge in [-0.25, -0.2) is 0 Å². The van der Waals surface area contributed by atoms with Crippen molar-refractivity contribution in [1.29, 1.82) is 0 Å². The molecule has 0 saturated heterocycles. The Morgan fingerprint density at radius 3 is 2.60 bits per heavy atom. The van der Waals surface area contributed by atoms with Crippen LogP contribution in [0.5, 0.6) is 0 Å². The molecule has 0 amide bonds. The van der Waals surface area contributed by atoms with Crippen molar-refractivity contribution in [2.24, 2.45) is 0 Å². The fraction of sp³-hybridized carbons (Fsp3) is 0.500. The first-order valence-electron chi connectivity index (χ1n) is 5.15. The topological polar surface area (TPSA) is 43.4 Å². The Morgan fingerprint density at radius 1 is 1.27 bits per heavy atom. The summed E-state index contributed by atoms with van der Waals surface area (Å²) in [7, 11) is 0. The Morgan fingerprint density at radius 2 is 2.00 bits per heavy atom. The number of hydrogen-bond acceptors (Lipinski definition) is 3. The molecule has 0 aromatic rings. The highest BCUT2D eigenvalue weighted by Gasteiger charge is 2.08. The normalized spacial score (nSPS) is 11.1. The molecule has 0 atom stereocenters. The van der Waals surface area contributed by atoms with Crippen molar-refractivity contribution in [2.75, 3.05) is 6.61 Å². The van der Waals surface area contributed by atoms with Gasteiger partial charge >= 0.3 is 5.97 Å². The number of Topliss-reactive ketones (excluding diaryl/α,β-unsaturated/α-hetero) is 1. The number of ether oxygens (including phenoxy) is 1. The van der Waals surface area contributed by atoms with E-state index in [2.05, 4.69) is 4.74 Å². The Labute approximate surface area is 90.8 Å². The zero-order valence-electron chi connectivity index (χ0n) is 9.36. The van der Waals surface area contributed by atoms with Gasteiger partial charge in [-0.1, -0.05) is 24.3 Å². The van der Waals surface area contributed by atoms with E-state index in [0.29, 0.717) is 19.4 Å². The molecule has 0 radical (unpaired) electrons. The highest BCUT2D eigenvalue weighted by atomic mass is 16.5. The minimum atomic E-state index is -0.431. The molecular weight excluding hydrogens is 192 g/mol. The summed E-state index contributed by atoms with van der Waals surface area (Å²) in [4.78, 5) is 22.1. The maximum absolute atomic E-state index is 11.2. The van der Waals surface area contributed by atoms with Crippen molar-refractivity contribution in [3.05, 3.63) is 24.3 Å². The molecule has 3 heteroatoms. The van der Waals surface area contributed by atoms with E-state index in [-0.39, 0.29) is 12.2 Å². The summed E-state index contributed by atoms with van der Waals surface area (Å²) in [5.74, 6) is -0.501. The molecule has 0 aromatic heterocycles. The van der Waals surface area contributed by atoms with Crippen LogP contribution in [0.15, 0.2) is 24.3 Å². The van der Waals surface area contributed by atoms with Gasteiger partial charge in [-0.2, -0.15) is 0 Å². The van der Waals surface area contributed by atoms with Crippen molar-refractivity contribution in [3.8, 4) is 0 Å². The van der Waals surface area contributed by atoms with Gasteiger partial charge in [-0.15, -0.1) is 0 Å². The van der Waals surface area contributed by atoms with Gasteiger partial charge in [0.25, 0.3) is 0 Å². The first-order valence-corrected chi connectivity index (χ1v) is 5.15. The maximum Gasteiger partial charge on any atom is 0.313 e. The van der Waals surface area contributed by atoms with Crippen LogP contribution in [0, 0.1) is 0 Å². The lowest BCUT2D eigenvalue weighted by molar-refractivity contribution is -0.145. The van der Waals surface area contributed by atoms with Gasteiger partial charge in [0.05, 0.1) is 6.61 Å². The van der Waals surface area contributed by atoms with Crippen molar-refractivity contribution in [3.63, 3.8) is 0 Å². The predicted octanol–water partition coefficient (Wildman–Crippen LogP) is 2.42. The second-order valence-electron chi connectivity index (χ2n) is 3.01. The number of ketones is 1. The third kappa shape index (κ3) is 8.94. The third-order valence-corrected chi connectivity index (χ3v) is 1.68. The fourth-order valence-corrected chi connectivity index (χ4v) is 0.992. The monoisotopic (exact) mass is 210 g/mol. The number of hydrogen-bond donors (Lipinski definition) is 0. The van der Waals surface area contributed by atoms with Crippen LogP contribution in [0.25, 0.3) is 0 Å². The summed E-state index contributed by atoms with van der Waals surface area (Å²) >= 11 is 0. The minimum Gasteiger partial charge on any atom is -0.466 e. The Kier molecular flexibility index (Phi) is 8.34. The largest absolute Gasteiger partial charge is 0.466 e. The van der Waals surface area contributed by atoms with Crippen molar-refractivity contribution >= 4 is 11.8 Å². The quantitative estimate of drug-likeness (QED) is 0.368. The van der Waals surface area contributed by atoms with E-state index in [9.17, 15) is 9.59 Å². The van der Waals surface area contributed by atoms with Crippen LogP contribution < -0.4 is 0 Å². The van der Waals surface area contributed by atoms with Crippen molar-refractivity contribution < 1.29 is 14.3 Å². The smallest absolute Gasteiger partial charge is 0.313 e. The first-order chi connectivity index (χ1) is 7.20. The second kappa shape index (κ2) is 9.19. The molecule has 0 saturated carbocycles. The van der Waals surface area contributed by atoms with Crippen LogP contribution in [0.4, 0.5) is 0 Å². The summed E-state index contributed by atoms with van der Waals surface area (Å²) in [6, 6.07) is 0. The molecular formula is C12H18O3. The molecule has 0 aliphatic carbocycles. The molecule has 0 bridgehead atoms. The molecule has 3 nitrogen and oxygen atoms in total. The molecule has 0 spiro atoms. The molecule has 0 fully saturated rings. The number of carbonyl (C=O) groups is 2. The van der Waals surface area contributed by atoms with Crippen molar-refractivity contribution in [2.45, 2.75) is 33.1 Å². The molecule has 84 valence electrons. The lowest BCUT2D eigenvalue weighted by atomic mass is 10.1. The van der Waals surface area contributed by atoms with Gasteiger partial charge in [0.15, 0.2) is 0 Å². The number of allylic oxidation sites excluding steroid dienone is 4. The van der Waals surface area contributed by atoms with E-state index < -0.39 is 5.97 Å². The van der Waals surface area contributed by atoms with Crippen LogP contribution >= 0.6 is 0 Å². The summed E-state index contributed by atoms with van der Waals surface area (Å²) in [5.41, 5.74) is 0. The van der Waals surface area contributed by atoms with Gasteiger partial charge < -0.3 is 4.74 Å². The molecule has 0 heterocycles. The Hall–Kier alpha value is -1.38. The molecule has 0 aliphatic heterocycles. The number of esters is 1. The number of carbonyl (C=O) groups excluding carboxylic acids is 2. The Balaban J connectivity index is 3.61. The molecule has 0 aliphatic rings. The second-order valence-corrected chi connectivity index (χ2v) is 3.01. The summed E-state index contributed by atoms with van der Waals surface area (Å²) < 4.78 is 4.67. The van der Waals surface area contributed by atoms with Gasteiger partial charge in [0.1, 0.15) is 12.2 Å². The Bertz CT molecular complexity index is 252. The lowest BCUT2D eigenvalue weighted by Crippen LogP contribution is -2.10. The van der Waals surface area contributed by atoms with Crippen LogP contribution in [0.1, 0.15) is 33.1 Å². The molecule has 0 aromatic carbocycles. The molecule has 0 N–H and O–H groups in total. The minimum absolute atomic E-state index is 0.0708. The van der Waals surface area contributed by atoms with E-state index in [1.54, 1.807) is 6.92 Å². The van der Waals surface area contributed by atoms with E-state index in [0.717, 1.165) is 0 Å². The van der Waals surface area contributed by atoms with Crippen LogP contribution in [-0.2, 0) is 14.3 Å². The summed E-state index contributed by atoms with van der Waals surface area (Å²) in [6.07, 6.45) is 8.56. The third-order valence-electron chi connectivity index (χ3n) is 1.68. The maximum atomic E-state index is 11.2. The van der Waals surface area contributed by atoms with Crippen LogP contribution in [0.2, 0.25) is 0 Å². The SMILES string of the molecule is C/C=C/C=C/CCC(=O)CC(=O)OCC. The van der Waals surface area contributed by atoms with Gasteiger partial charge in [0, 0.05) is 6.42 Å².